The van der Waals surface area contributed by atoms with E-state index in [-0.39, 0.29) is 18.6 Å². The first kappa shape index (κ1) is 16.0. The second-order valence-electron chi connectivity index (χ2n) is 4.47. The lowest BCUT2D eigenvalue weighted by atomic mass is 10.1. The van der Waals surface area contributed by atoms with Crippen molar-refractivity contribution in [3.63, 3.8) is 0 Å². The van der Waals surface area contributed by atoms with E-state index in [9.17, 15) is 4.79 Å². The maximum absolute atomic E-state index is 11.6. The van der Waals surface area contributed by atoms with Crippen LogP contribution in [-0.2, 0) is 11.2 Å². The lowest BCUT2D eigenvalue weighted by Crippen LogP contribution is -2.40. The molecule has 0 aliphatic heterocycles. The fraction of sp³-hybridized carbons (Fsp3) is 0.400. The summed E-state index contributed by atoms with van der Waals surface area (Å²) in [6.45, 7) is 5.86. The van der Waals surface area contributed by atoms with Gasteiger partial charge in [-0.2, -0.15) is 0 Å². The fourth-order valence-electron chi connectivity index (χ4n) is 1.64. The predicted octanol–water partition coefficient (Wildman–Crippen LogP) is 1.27. The number of ether oxygens (including phenoxy) is 2. The Bertz CT molecular complexity index is 460. The minimum atomic E-state index is -0.208. The zero-order valence-corrected chi connectivity index (χ0v) is 12.0. The topological polar surface area (TPSA) is 73.6 Å². The number of hydrogen-bond donors (Lipinski definition) is 2. The number of rotatable bonds is 8. The van der Waals surface area contributed by atoms with E-state index in [2.05, 4.69) is 11.9 Å². The molecule has 1 atom stereocenters. The number of allylic oxidation sites excluding steroid dienone is 1. The highest BCUT2D eigenvalue weighted by molar-refractivity contribution is 5.77. The summed E-state index contributed by atoms with van der Waals surface area (Å²) in [6, 6.07) is 5.51. The van der Waals surface area contributed by atoms with Crippen LogP contribution >= 0.6 is 0 Å². The molecule has 0 aliphatic rings. The van der Waals surface area contributed by atoms with Gasteiger partial charge in [-0.1, -0.05) is 12.1 Å². The van der Waals surface area contributed by atoms with Gasteiger partial charge in [0.1, 0.15) is 0 Å². The van der Waals surface area contributed by atoms with Crippen LogP contribution in [0.15, 0.2) is 30.9 Å². The largest absolute Gasteiger partial charge is 0.493 e. The molecule has 0 aromatic heterocycles. The van der Waals surface area contributed by atoms with Gasteiger partial charge in [-0.15, -0.1) is 6.58 Å². The number of methoxy groups -OCH3 is 1. The summed E-state index contributed by atoms with van der Waals surface area (Å²) in [6.07, 6.45) is 2.57. The van der Waals surface area contributed by atoms with Crippen molar-refractivity contribution in [1.29, 1.82) is 0 Å². The molecule has 0 unspecified atom stereocenters. The Kier molecular flexibility index (Phi) is 6.59. The third kappa shape index (κ3) is 4.93. The normalized spacial score (nSPS) is 11.6. The molecule has 1 aromatic rings. The number of hydrogen-bond acceptors (Lipinski definition) is 4. The van der Waals surface area contributed by atoms with Crippen LogP contribution in [0, 0.1) is 0 Å². The van der Waals surface area contributed by atoms with Crippen molar-refractivity contribution in [3.8, 4) is 11.5 Å². The van der Waals surface area contributed by atoms with Crippen molar-refractivity contribution < 1.29 is 14.3 Å². The Hall–Kier alpha value is -2.01. The summed E-state index contributed by atoms with van der Waals surface area (Å²) in [7, 11) is 1.57. The molecule has 1 amide bonds. The van der Waals surface area contributed by atoms with Crippen LogP contribution in [0.5, 0.6) is 11.5 Å². The molecule has 5 heteroatoms. The number of benzene rings is 1. The monoisotopic (exact) mass is 278 g/mol. The summed E-state index contributed by atoms with van der Waals surface area (Å²) in [5.41, 5.74) is 6.51. The third-order valence-corrected chi connectivity index (χ3v) is 2.73. The molecule has 0 spiro atoms. The Morgan fingerprint density at radius 3 is 2.85 bits per heavy atom. The average Bonchev–Trinajstić information content (AvgIpc) is 2.45. The molecule has 0 bridgehead atoms. The lowest BCUT2D eigenvalue weighted by molar-refractivity contribution is -0.123. The van der Waals surface area contributed by atoms with Gasteiger partial charge in [-0.05, 0) is 31.0 Å². The van der Waals surface area contributed by atoms with E-state index in [1.54, 1.807) is 13.2 Å². The van der Waals surface area contributed by atoms with Gasteiger partial charge in [-0.3, -0.25) is 4.79 Å². The molecule has 5 nitrogen and oxygen atoms in total. The van der Waals surface area contributed by atoms with E-state index in [1.807, 2.05) is 25.1 Å². The van der Waals surface area contributed by atoms with E-state index in [0.717, 1.165) is 12.0 Å². The standard InChI is InChI=1S/C15H22N2O3/c1-4-5-12-6-7-13(14(8-12)19-3)20-10-15(18)17-11(2)9-16/h4,6-8,11H,1,5,9-10,16H2,2-3H3,(H,17,18)/t11-/m0/s1. The highest BCUT2D eigenvalue weighted by Crippen LogP contribution is 2.28. The van der Waals surface area contributed by atoms with Crippen molar-refractivity contribution in [2.75, 3.05) is 20.3 Å². The van der Waals surface area contributed by atoms with Crippen LogP contribution in [0.3, 0.4) is 0 Å². The zero-order valence-electron chi connectivity index (χ0n) is 12.0. The maximum atomic E-state index is 11.6. The number of amides is 1. The lowest BCUT2D eigenvalue weighted by Gasteiger charge is -2.14. The van der Waals surface area contributed by atoms with E-state index in [4.69, 9.17) is 15.2 Å². The Labute approximate surface area is 119 Å². The molecular formula is C15H22N2O3. The van der Waals surface area contributed by atoms with E-state index < -0.39 is 0 Å². The quantitative estimate of drug-likeness (QED) is 0.702. The Morgan fingerprint density at radius 2 is 2.25 bits per heavy atom. The number of carbonyl (C=O) groups excluding carboxylic acids is 1. The van der Waals surface area contributed by atoms with Gasteiger partial charge in [0.15, 0.2) is 18.1 Å². The third-order valence-electron chi connectivity index (χ3n) is 2.73. The summed E-state index contributed by atoms with van der Waals surface area (Å²) < 4.78 is 10.7. The molecule has 0 aliphatic carbocycles. The van der Waals surface area contributed by atoms with Crippen molar-refractivity contribution in [1.82, 2.24) is 5.32 Å². The van der Waals surface area contributed by atoms with Crippen LogP contribution in [-0.4, -0.2) is 32.2 Å². The number of nitrogens with two attached hydrogens (primary N) is 1. The van der Waals surface area contributed by atoms with Crippen molar-refractivity contribution >= 4 is 5.91 Å². The summed E-state index contributed by atoms with van der Waals surface area (Å²) in [5.74, 6) is 0.931. The Morgan fingerprint density at radius 1 is 1.50 bits per heavy atom. The molecule has 0 radical (unpaired) electrons. The predicted molar refractivity (Wildman–Crippen MR) is 79.0 cm³/mol. The van der Waals surface area contributed by atoms with Crippen LogP contribution in [0.4, 0.5) is 0 Å². The second-order valence-corrected chi connectivity index (χ2v) is 4.47. The average molecular weight is 278 g/mol. The summed E-state index contributed by atoms with van der Waals surface area (Å²) in [5, 5.41) is 2.73. The van der Waals surface area contributed by atoms with Gasteiger partial charge in [0.25, 0.3) is 5.91 Å². The van der Waals surface area contributed by atoms with Gasteiger partial charge >= 0.3 is 0 Å². The van der Waals surface area contributed by atoms with Gasteiger partial charge in [-0.25, -0.2) is 0 Å². The SMILES string of the molecule is C=CCc1ccc(OCC(=O)N[C@@H](C)CN)c(OC)c1. The first-order chi connectivity index (χ1) is 9.60. The zero-order chi connectivity index (χ0) is 15.0. The van der Waals surface area contributed by atoms with Gasteiger partial charge in [0, 0.05) is 12.6 Å². The van der Waals surface area contributed by atoms with Crippen LogP contribution in [0.1, 0.15) is 12.5 Å². The van der Waals surface area contributed by atoms with Gasteiger partial charge < -0.3 is 20.5 Å². The van der Waals surface area contributed by atoms with E-state index >= 15 is 0 Å². The van der Waals surface area contributed by atoms with Crippen molar-refractivity contribution in [2.24, 2.45) is 5.73 Å². The fourth-order valence-corrected chi connectivity index (χ4v) is 1.64. The molecule has 0 saturated heterocycles. The molecule has 3 N–H and O–H groups in total. The molecule has 0 fully saturated rings. The number of carbonyl (C=O) groups is 1. The molecule has 110 valence electrons. The van der Waals surface area contributed by atoms with Crippen LogP contribution in [0.2, 0.25) is 0 Å². The molecule has 0 heterocycles. The molecule has 1 rings (SSSR count). The van der Waals surface area contributed by atoms with Crippen LogP contribution in [0.25, 0.3) is 0 Å². The first-order valence-electron chi connectivity index (χ1n) is 6.50. The van der Waals surface area contributed by atoms with Gasteiger partial charge in [0.2, 0.25) is 0 Å². The van der Waals surface area contributed by atoms with Crippen molar-refractivity contribution in [3.05, 3.63) is 36.4 Å². The maximum Gasteiger partial charge on any atom is 0.258 e. The molecule has 20 heavy (non-hydrogen) atoms. The summed E-state index contributed by atoms with van der Waals surface area (Å²) >= 11 is 0. The van der Waals surface area contributed by atoms with Crippen molar-refractivity contribution in [2.45, 2.75) is 19.4 Å². The van der Waals surface area contributed by atoms with E-state index in [0.29, 0.717) is 18.0 Å². The second kappa shape index (κ2) is 8.22. The highest BCUT2D eigenvalue weighted by atomic mass is 16.5. The Balaban J connectivity index is 2.63. The van der Waals surface area contributed by atoms with Crippen LogP contribution < -0.4 is 20.5 Å². The summed E-state index contributed by atoms with van der Waals surface area (Å²) in [4.78, 5) is 11.6. The van der Waals surface area contributed by atoms with Gasteiger partial charge in [0.05, 0.1) is 7.11 Å². The smallest absolute Gasteiger partial charge is 0.258 e. The highest BCUT2D eigenvalue weighted by Gasteiger charge is 2.10. The minimum absolute atomic E-state index is 0.0667. The first-order valence-corrected chi connectivity index (χ1v) is 6.50. The number of nitrogens with one attached hydrogen (secondary N) is 1. The van der Waals surface area contributed by atoms with E-state index in [1.165, 1.54) is 0 Å². The molecular weight excluding hydrogens is 256 g/mol. The molecule has 0 saturated carbocycles. The minimum Gasteiger partial charge on any atom is -0.493 e. The molecule has 1 aromatic carbocycles.